The Hall–Kier alpha value is -2.13. The predicted molar refractivity (Wildman–Crippen MR) is 103 cm³/mol. The quantitative estimate of drug-likeness (QED) is 0.900. The van der Waals surface area contributed by atoms with Crippen LogP contribution in [0, 0.1) is 0 Å². The summed E-state index contributed by atoms with van der Waals surface area (Å²) >= 11 is 0. The Kier molecular flexibility index (Phi) is 6.24. The second kappa shape index (κ2) is 8.82. The number of hydrogen-bond donors (Lipinski definition) is 1. The molecule has 1 unspecified atom stereocenters. The van der Waals surface area contributed by atoms with Crippen LogP contribution in [0.3, 0.4) is 0 Å². The Labute approximate surface area is 151 Å². The molecule has 1 heterocycles. The van der Waals surface area contributed by atoms with Crippen LogP contribution in [0.4, 0.5) is 0 Å². The SMILES string of the molecule is CN1CCCCCC1C(=O)NCC(c1ccccc1)c1ccccc1. The molecule has 0 radical (unpaired) electrons. The number of amides is 1. The van der Waals surface area contributed by atoms with Gasteiger partial charge in [0.25, 0.3) is 0 Å². The van der Waals surface area contributed by atoms with E-state index in [1.807, 2.05) is 12.1 Å². The smallest absolute Gasteiger partial charge is 0.237 e. The van der Waals surface area contributed by atoms with E-state index < -0.39 is 0 Å². The first-order valence-corrected chi connectivity index (χ1v) is 9.33. The Morgan fingerprint density at radius 2 is 1.60 bits per heavy atom. The number of nitrogens with one attached hydrogen (secondary N) is 1. The lowest BCUT2D eigenvalue weighted by Gasteiger charge is -2.26. The molecule has 2 aromatic rings. The Morgan fingerprint density at radius 1 is 1.00 bits per heavy atom. The summed E-state index contributed by atoms with van der Waals surface area (Å²) in [6.07, 6.45) is 4.52. The Balaban J connectivity index is 1.71. The van der Waals surface area contributed by atoms with Gasteiger partial charge in [0.15, 0.2) is 0 Å². The van der Waals surface area contributed by atoms with Gasteiger partial charge in [-0.3, -0.25) is 9.69 Å². The van der Waals surface area contributed by atoms with Crippen LogP contribution >= 0.6 is 0 Å². The molecule has 1 atom stereocenters. The summed E-state index contributed by atoms with van der Waals surface area (Å²) in [4.78, 5) is 15.0. The second-order valence-electron chi connectivity index (χ2n) is 6.96. The van der Waals surface area contributed by atoms with Crippen LogP contribution in [-0.4, -0.2) is 37.0 Å². The molecule has 3 rings (SSSR count). The topological polar surface area (TPSA) is 32.3 Å². The molecule has 2 aromatic carbocycles. The standard InChI is InChI=1S/C22H28N2O/c1-24-16-10-4-9-15-21(24)22(25)23-17-20(18-11-5-2-6-12-18)19-13-7-3-8-14-19/h2-3,5-8,11-14,20-21H,4,9-10,15-17H2,1H3,(H,23,25). The summed E-state index contributed by atoms with van der Waals surface area (Å²) in [5.41, 5.74) is 2.48. The molecule has 132 valence electrons. The van der Waals surface area contributed by atoms with Crippen molar-refractivity contribution < 1.29 is 4.79 Å². The van der Waals surface area contributed by atoms with Crippen LogP contribution in [0.5, 0.6) is 0 Å². The van der Waals surface area contributed by atoms with Crippen molar-refractivity contribution in [3.8, 4) is 0 Å². The van der Waals surface area contributed by atoms with Crippen molar-refractivity contribution >= 4 is 5.91 Å². The maximum Gasteiger partial charge on any atom is 0.237 e. The first-order valence-electron chi connectivity index (χ1n) is 9.33. The lowest BCUT2D eigenvalue weighted by molar-refractivity contribution is -0.126. The van der Waals surface area contributed by atoms with E-state index in [0.717, 1.165) is 19.4 Å². The van der Waals surface area contributed by atoms with Gasteiger partial charge in [-0.1, -0.05) is 73.5 Å². The van der Waals surface area contributed by atoms with Crippen LogP contribution in [0.1, 0.15) is 42.7 Å². The molecule has 1 fully saturated rings. The van der Waals surface area contributed by atoms with Gasteiger partial charge in [0.05, 0.1) is 6.04 Å². The molecule has 0 saturated carbocycles. The van der Waals surface area contributed by atoms with E-state index in [1.54, 1.807) is 0 Å². The Morgan fingerprint density at radius 3 is 2.20 bits per heavy atom. The highest BCUT2D eigenvalue weighted by Gasteiger charge is 2.25. The van der Waals surface area contributed by atoms with Gasteiger partial charge in [0.1, 0.15) is 0 Å². The minimum atomic E-state index is 0.00898. The van der Waals surface area contributed by atoms with Crippen LogP contribution in [0.2, 0.25) is 0 Å². The molecule has 1 amide bonds. The highest BCUT2D eigenvalue weighted by molar-refractivity contribution is 5.81. The van der Waals surface area contributed by atoms with Gasteiger partial charge in [-0.2, -0.15) is 0 Å². The number of nitrogens with zero attached hydrogens (tertiary/aromatic N) is 1. The predicted octanol–water partition coefficient (Wildman–Crippen LogP) is 3.81. The highest BCUT2D eigenvalue weighted by atomic mass is 16.2. The molecule has 1 aliphatic heterocycles. The summed E-state index contributed by atoms with van der Waals surface area (Å²) in [5.74, 6) is 0.351. The van der Waals surface area contributed by atoms with E-state index in [2.05, 4.69) is 65.8 Å². The molecule has 0 aliphatic carbocycles. The minimum Gasteiger partial charge on any atom is -0.354 e. The van der Waals surface area contributed by atoms with E-state index in [1.165, 1.54) is 24.0 Å². The van der Waals surface area contributed by atoms with Crippen LogP contribution in [0.15, 0.2) is 60.7 Å². The van der Waals surface area contributed by atoms with Crippen molar-refractivity contribution in [1.82, 2.24) is 10.2 Å². The molecule has 3 nitrogen and oxygen atoms in total. The van der Waals surface area contributed by atoms with Crippen molar-refractivity contribution in [2.45, 2.75) is 37.6 Å². The molecule has 1 aliphatic rings. The van der Waals surface area contributed by atoms with E-state index in [9.17, 15) is 4.79 Å². The fourth-order valence-electron chi connectivity index (χ4n) is 3.70. The zero-order valence-electron chi connectivity index (χ0n) is 15.0. The second-order valence-corrected chi connectivity index (χ2v) is 6.96. The highest BCUT2D eigenvalue weighted by Crippen LogP contribution is 2.24. The van der Waals surface area contributed by atoms with Gasteiger partial charge in [0.2, 0.25) is 5.91 Å². The van der Waals surface area contributed by atoms with Gasteiger partial charge in [-0.05, 0) is 37.6 Å². The summed E-state index contributed by atoms with van der Waals surface area (Å²) in [6.45, 7) is 1.65. The average molecular weight is 336 g/mol. The van der Waals surface area contributed by atoms with Crippen LogP contribution < -0.4 is 5.32 Å². The zero-order valence-corrected chi connectivity index (χ0v) is 15.0. The summed E-state index contributed by atoms with van der Waals surface area (Å²) < 4.78 is 0. The molecule has 3 heteroatoms. The Bertz CT molecular complexity index is 617. The maximum atomic E-state index is 12.8. The number of likely N-dealkylation sites (N-methyl/N-ethyl adjacent to an activating group) is 1. The maximum absolute atomic E-state index is 12.8. The number of benzene rings is 2. The lowest BCUT2D eigenvalue weighted by Crippen LogP contribution is -2.45. The fraction of sp³-hybridized carbons (Fsp3) is 0.409. The number of hydrogen-bond acceptors (Lipinski definition) is 2. The molecule has 1 N–H and O–H groups in total. The van der Waals surface area contributed by atoms with E-state index in [4.69, 9.17) is 0 Å². The van der Waals surface area contributed by atoms with Crippen molar-refractivity contribution in [3.63, 3.8) is 0 Å². The summed E-state index contributed by atoms with van der Waals surface area (Å²) in [6, 6.07) is 20.9. The summed E-state index contributed by atoms with van der Waals surface area (Å²) in [7, 11) is 2.07. The number of carbonyl (C=O) groups is 1. The van der Waals surface area contributed by atoms with Gasteiger partial charge in [-0.25, -0.2) is 0 Å². The molecule has 25 heavy (non-hydrogen) atoms. The van der Waals surface area contributed by atoms with E-state index >= 15 is 0 Å². The molecular weight excluding hydrogens is 308 g/mol. The van der Waals surface area contributed by atoms with Gasteiger partial charge < -0.3 is 5.32 Å². The molecule has 0 aromatic heterocycles. The number of likely N-dealkylation sites (tertiary alicyclic amines) is 1. The minimum absolute atomic E-state index is 0.00898. The number of carbonyl (C=O) groups excluding carboxylic acids is 1. The monoisotopic (exact) mass is 336 g/mol. The fourth-order valence-corrected chi connectivity index (χ4v) is 3.70. The third-order valence-electron chi connectivity index (χ3n) is 5.21. The van der Waals surface area contributed by atoms with Gasteiger partial charge >= 0.3 is 0 Å². The van der Waals surface area contributed by atoms with Gasteiger partial charge in [-0.15, -0.1) is 0 Å². The van der Waals surface area contributed by atoms with E-state index in [0.29, 0.717) is 6.54 Å². The van der Waals surface area contributed by atoms with Crippen molar-refractivity contribution in [2.24, 2.45) is 0 Å². The zero-order chi connectivity index (χ0) is 17.5. The van der Waals surface area contributed by atoms with Gasteiger partial charge in [0, 0.05) is 12.5 Å². The lowest BCUT2D eigenvalue weighted by atomic mass is 9.91. The normalized spacial score (nSPS) is 18.7. The first kappa shape index (κ1) is 17.7. The van der Waals surface area contributed by atoms with Crippen molar-refractivity contribution in [2.75, 3.05) is 20.1 Å². The van der Waals surface area contributed by atoms with Crippen molar-refractivity contribution in [3.05, 3.63) is 71.8 Å². The molecule has 1 saturated heterocycles. The van der Waals surface area contributed by atoms with Crippen molar-refractivity contribution in [1.29, 1.82) is 0 Å². The number of rotatable bonds is 5. The molecular formula is C22H28N2O. The molecule has 0 spiro atoms. The molecule has 0 bridgehead atoms. The van der Waals surface area contributed by atoms with Crippen LogP contribution in [0.25, 0.3) is 0 Å². The largest absolute Gasteiger partial charge is 0.354 e. The third-order valence-corrected chi connectivity index (χ3v) is 5.21. The average Bonchev–Trinajstić information content (AvgIpc) is 2.88. The first-order chi connectivity index (χ1) is 12.3. The summed E-state index contributed by atoms with van der Waals surface area (Å²) in [5, 5.41) is 3.23. The van der Waals surface area contributed by atoms with Crippen LogP contribution in [-0.2, 0) is 4.79 Å². The third kappa shape index (κ3) is 4.70. The van der Waals surface area contributed by atoms with E-state index in [-0.39, 0.29) is 17.9 Å².